The van der Waals surface area contributed by atoms with Gasteiger partial charge in [0, 0.05) is 5.56 Å². The number of carbonyl (C=O) groups is 1. The van der Waals surface area contributed by atoms with Gasteiger partial charge in [-0.25, -0.2) is 4.98 Å². The first-order valence-electron chi connectivity index (χ1n) is 8.98. The van der Waals surface area contributed by atoms with Crippen LogP contribution in [0.4, 0.5) is 0 Å². The second-order valence-electron chi connectivity index (χ2n) is 6.27. The summed E-state index contributed by atoms with van der Waals surface area (Å²) in [7, 11) is 0. The van der Waals surface area contributed by atoms with Crippen LogP contribution in [0.5, 0.6) is 0 Å². The molecule has 28 heavy (non-hydrogen) atoms. The lowest BCUT2D eigenvalue weighted by atomic mass is 10.1. The summed E-state index contributed by atoms with van der Waals surface area (Å²) in [5.74, 6) is 0.245. The highest BCUT2D eigenvalue weighted by Gasteiger charge is 2.16. The summed E-state index contributed by atoms with van der Waals surface area (Å²) in [6.07, 6.45) is 0.942. The summed E-state index contributed by atoms with van der Waals surface area (Å²) in [4.78, 5) is 31.0. The van der Waals surface area contributed by atoms with Crippen molar-refractivity contribution in [1.29, 1.82) is 0 Å². The molecule has 0 fully saturated rings. The van der Waals surface area contributed by atoms with Gasteiger partial charge in [-0.2, -0.15) is 0 Å². The number of carbonyl (C=O) groups excluding carboxylic acids is 1. The lowest BCUT2D eigenvalue weighted by Gasteiger charge is -2.11. The Morgan fingerprint density at radius 2 is 1.82 bits per heavy atom. The SMILES string of the molecule is CCc1ccc(C(=O)CSc2nc3sccc3c(=O)n2-c2ccccc2)cc1. The van der Waals surface area contributed by atoms with E-state index in [0.29, 0.717) is 20.9 Å². The number of aromatic nitrogens is 2. The van der Waals surface area contributed by atoms with Crippen molar-refractivity contribution in [1.82, 2.24) is 9.55 Å². The summed E-state index contributed by atoms with van der Waals surface area (Å²) in [6, 6.07) is 18.9. The van der Waals surface area contributed by atoms with Crippen LogP contribution < -0.4 is 5.56 Å². The minimum absolute atomic E-state index is 0.0211. The lowest BCUT2D eigenvalue weighted by molar-refractivity contribution is 0.102. The van der Waals surface area contributed by atoms with Crippen molar-refractivity contribution in [2.75, 3.05) is 5.75 Å². The van der Waals surface area contributed by atoms with Crippen molar-refractivity contribution in [2.24, 2.45) is 0 Å². The third kappa shape index (κ3) is 3.66. The molecule has 4 nitrogen and oxygen atoms in total. The first-order chi connectivity index (χ1) is 13.7. The van der Waals surface area contributed by atoms with Gasteiger partial charge >= 0.3 is 0 Å². The quantitative estimate of drug-likeness (QED) is 0.257. The van der Waals surface area contributed by atoms with Crippen molar-refractivity contribution in [3.8, 4) is 5.69 Å². The molecule has 0 amide bonds. The zero-order valence-electron chi connectivity index (χ0n) is 15.3. The van der Waals surface area contributed by atoms with E-state index in [-0.39, 0.29) is 17.1 Å². The van der Waals surface area contributed by atoms with Crippen LogP contribution in [0, 0.1) is 0 Å². The molecular weight excluding hydrogens is 388 g/mol. The van der Waals surface area contributed by atoms with Crippen molar-refractivity contribution in [3.05, 3.63) is 87.5 Å². The van der Waals surface area contributed by atoms with Gasteiger partial charge in [0.1, 0.15) is 4.83 Å². The molecule has 140 valence electrons. The average Bonchev–Trinajstić information content (AvgIpc) is 3.22. The van der Waals surface area contributed by atoms with Gasteiger partial charge in [-0.3, -0.25) is 14.2 Å². The summed E-state index contributed by atoms with van der Waals surface area (Å²) >= 11 is 2.73. The molecule has 2 aromatic heterocycles. The maximum atomic E-state index is 13.0. The summed E-state index contributed by atoms with van der Waals surface area (Å²) in [6.45, 7) is 2.09. The number of thioether (sulfide) groups is 1. The fraction of sp³-hybridized carbons (Fsp3) is 0.136. The Bertz CT molecular complexity index is 1180. The van der Waals surface area contributed by atoms with E-state index in [1.54, 1.807) is 10.6 Å². The minimum atomic E-state index is -0.111. The standard InChI is InChI=1S/C22H18N2O2S2/c1-2-15-8-10-16(11-9-15)19(25)14-28-22-23-20-18(12-13-27-20)21(26)24(22)17-6-4-3-5-7-17/h3-13H,2,14H2,1H3. The normalized spacial score (nSPS) is 11.0. The molecular formula is C22H18N2O2S2. The Morgan fingerprint density at radius 3 is 2.54 bits per heavy atom. The van der Waals surface area contributed by atoms with Gasteiger partial charge in [0.15, 0.2) is 10.9 Å². The van der Waals surface area contributed by atoms with Gasteiger partial charge in [0.2, 0.25) is 0 Å². The molecule has 0 bridgehead atoms. The van der Waals surface area contributed by atoms with Crippen LogP contribution in [0.2, 0.25) is 0 Å². The molecule has 0 unspecified atom stereocenters. The number of ketones is 1. The molecule has 0 saturated carbocycles. The molecule has 4 rings (SSSR count). The first-order valence-corrected chi connectivity index (χ1v) is 10.8. The molecule has 4 aromatic rings. The van der Waals surface area contributed by atoms with Gasteiger partial charge < -0.3 is 0 Å². The van der Waals surface area contributed by atoms with Crippen LogP contribution in [-0.4, -0.2) is 21.1 Å². The van der Waals surface area contributed by atoms with Crippen LogP contribution >= 0.6 is 23.1 Å². The van der Waals surface area contributed by atoms with Gasteiger partial charge in [-0.05, 0) is 35.6 Å². The summed E-state index contributed by atoms with van der Waals surface area (Å²) < 4.78 is 1.59. The highest BCUT2D eigenvalue weighted by atomic mass is 32.2. The Hall–Kier alpha value is -2.70. The fourth-order valence-electron chi connectivity index (χ4n) is 2.94. The van der Waals surface area contributed by atoms with Crippen LogP contribution in [0.1, 0.15) is 22.8 Å². The van der Waals surface area contributed by atoms with Crippen LogP contribution in [-0.2, 0) is 6.42 Å². The number of para-hydroxylation sites is 1. The van der Waals surface area contributed by atoms with E-state index in [1.807, 2.05) is 60.0 Å². The van der Waals surface area contributed by atoms with Crippen LogP contribution in [0.25, 0.3) is 15.9 Å². The molecule has 0 spiro atoms. The molecule has 0 N–H and O–H groups in total. The number of fused-ring (bicyclic) bond motifs is 1. The molecule has 0 radical (unpaired) electrons. The van der Waals surface area contributed by atoms with E-state index in [2.05, 4.69) is 11.9 Å². The molecule has 0 aliphatic rings. The number of aryl methyl sites for hydroxylation is 1. The van der Waals surface area contributed by atoms with Crippen molar-refractivity contribution in [2.45, 2.75) is 18.5 Å². The predicted molar refractivity (Wildman–Crippen MR) is 116 cm³/mol. The maximum absolute atomic E-state index is 13.0. The van der Waals surface area contributed by atoms with Crippen LogP contribution in [0.15, 0.2) is 76.0 Å². The number of benzene rings is 2. The van der Waals surface area contributed by atoms with E-state index in [0.717, 1.165) is 12.1 Å². The number of rotatable bonds is 6. The van der Waals surface area contributed by atoms with E-state index < -0.39 is 0 Å². The Balaban J connectivity index is 1.67. The van der Waals surface area contributed by atoms with E-state index in [1.165, 1.54) is 28.7 Å². The van der Waals surface area contributed by atoms with Crippen LogP contribution in [0.3, 0.4) is 0 Å². The molecule has 0 atom stereocenters. The smallest absolute Gasteiger partial charge is 0.267 e. The second-order valence-corrected chi connectivity index (χ2v) is 8.11. The zero-order chi connectivity index (χ0) is 19.5. The molecule has 0 aliphatic heterocycles. The third-order valence-electron chi connectivity index (χ3n) is 4.50. The molecule has 0 saturated heterocycles. The molecule has 2 aromatic carbocycles. The first kappa shape index (κ1) is 18.7. The minimum Gasteiger partial charge on any atom is -0.293 e. The third-order valence-corrected chi connectivity index (χ3v) is 6.24. The van der Waals surface area contributed by atoms with Gasteiger partial charge in [0.05, 0.1) is 16.8 Å². The van der Waals surface area contributed by atoms with Crippen molar-refractivity contribution >= 4 is 39.1 Å². The van der Waals surface area contributed by atoms with Crippen molar-refractivity contribution in [3.63, 3.8) is 0 Å². The Kier molecular flexibility index (Phi) is 5.41. The maximum Gasteiger partial charge on any atom is 0.267 e. The van der Waals surface area contributed by atoms with E-state index in [9.17, 15) is 9.59 Å². The van der Waals surface area contributed by atoms with Gasteiger partial charge in [-0.15, -0.1) is 11.3 Å². The fourth-order valence-corrected chi connectivity index (χ4v) is 4.65. The number of thiophene rings is 1. The Morgan fingerprint density at radius 1 is 1.07 bits per heavy atom. The predicted octanol–water partition coefficient (Wildman–Crippen LogP) is 4.98. The largest absolute Gasteiger partial charge is 0.293 e. The highest BCUT2D eigenvalue weighted by molar-refractivity contribution is 7.99. The molecule has 2 heterocycles. The topological polar surface area (TPSA) is 52.0 Å². The Labute approximate surface area is 170 Å². The van der Waals surface area contributed by atoms with Gasteiger partial charge in [0.25, 0.3) is 5.56 Å². The number of Topliss-reactive ketones (excluding diaryl/α,β-unsaturated/α-hetero) is 1. The monoisotopic (exact) mass is 406 g/mol. The second kappa shape index (κ2) is 8.12. The zero-order valence-corrected chi connectivity index (χ0v) is 16.9. The highest BCUT2D eigenvalue weighted by Crippen LogP contribution is 2.24. The van der Waals surface area contributed by atoms with Gasteiger partial charge in [-0.1, -0.05) is 61.2 Å². The van der Waals surface area contributed by atoms with Crippen molar-refractivity contribution < 1.29 is 4.79 Å². The summed E-state index contributed by atoms with van der Waals surface area (Å²) in [5, 5.41) is 2.99. The summed E-state index contributed by atoms with van der Waals surface area (Å²) in [5.41, 5.74) is 2.51. The number of hydrogen-bond acceptors (Lipinski definition) is 5. The molecule has 0 aliphatic carbocycles. The number of nitrogens with zero attached hydrogens (tertiary/aromatic N) is 2. The van der Waals surface area contributed by atoms with E-state index in [4.69, 9.17) is 0 Å². The average molecular weight is 407 g/mol. The number of hydrogen-bond donors (Lipinski definition) is 0. The molecule has 6 heteroatoms. The van der Waals surface area contributed by atoms with E-state index >= 15 is 0 Å². The lowest BCUT2D eigenvalue weighted by Crippen LogP contribution is -2.21.